The van der Waals surface area contributed by atoms with Crippen LogP contribution in [-0.4, -0.2) is 26.8 Å². The molecule has 1 atom stereocenters. The summed E-state index contributed by atoms with van der Waals surface area (Å²) in [4.78, 5) is 12.3. The van der Waals surface area contributed by atoms with Crippen LogP contribution in [0.4, 0.5) is 10.1 Å². The Morgan fingerprint density at radius 3 is 2.73 bits per heavy atom. The molecule has 0 fully saturated rings. The highest BCUT2D eigenvalue weighted by Crippen LogP contribution is 2.41. The van der Waals surface area contributed by atoms with E-state index in [1.165, 1.54) is 19.2 Å². The number of hydrogen-bond acceptors (Lipinski definition) is 7. The predicted molar refractivity (Wildman–Crippen MR) is 125 cm³/mol. The highest BCUT2D eigenvalue weighted by atomic mass is 32.2. The SMILES string of the molecule is COC(=O)COc1cc(OC)c(SCc2ccc3c(c2)NC(c2cccc(F)c2)O3)cc1C. The van der Waals surface area contributed by atoms with Gasteiger partial charge in [-0.3, -0.25) is 0 Å². The van der Waals surface area contributed by atoms with Crippen LogP contribution in [0, 0.1) is 12.7 Å². The van der Waals surface area contributed by atoms with E-state index in [4.69, 9.17) is 14.2 Å². The minimum absolute atomic E-state index is 0.159. The van der Waals surface area contributed by atoms with Gasteiger partial charge in [0.05, 0.1) is 24.8 Å². The summed E-state index contributed by atoms with van der Waals surface area (Å²) >= 11 is 1.63. The zero-order valence-electron chi connectivity index (χ0n) is 18.5. The number of carbonyl (C=O) groups is 1. The van der Waals surface area contributed by atoms with Crippen LogP contribution in [0.1, 0.15) is 22.9 Å². The number of esters is 1. The molecule has 0 aliphatic carbocycles. The monoisotopic (exact) mass is 469 g/mol. The van der Waals surface area contributed by atoms with E-state index in [0.717, 1.165) is 33.0 Å². The van der Waals surface area contributed by atoms with E-state index in [1.54, 1.807) is 31.0 Å². The van der Waals surface area contributed by atoms with Crippen molar-refractivity contribution in [1.29, 1.82) is 0 Å². The lowest BCUT2D eigenvalue weighted by molar-refractivity contribution is -0.142. The van der Waals surface area contributed by atoms with Crippen molar-refractivity contribution in [3.05, 3.63) is 77.1 Å². The van der Waals surface area contributed by atoms with Crippen LogP contribution in [0.25, 0.3) is 0 Å². The Labute approximate surface area is 196 Å². The molecule has 1 heterocycles. The lowest BCUT2D eigenvalue weighted by atomic mass is 10.2. The summed E-state index contributed by atoms with van der Waals surface area (Å²) in [6.07, 6.45) is -0.418. The van der Waals surface area contributed by atoms with Gasteiger partial charge < -0.3 is 24.3 Å². The summed E-state index contributed by atoms with van der Waals surface area (Å²) in [7, 11) is 2.92. The largest absolute Gasteiger partial charge is 0.495 e. The second-order valence-electron chi connectivity index (χ2n) is 7.45. The number of halogens is 1. The topological polar surface area (TPSA) is 66.0 Å². The van der Waals surface area contributed by atoms with E-state index in [2.05, 4.69) is 10.1 Å². The second kappa shape index (κ2) is 10.0. The Hall–Kier alpha value is -3.39. The molecule has 6 nitrogen and oxygen atoms in total. The van der Waals surface area contributed by atoms with Gasteiger partial charge in [-0.05, 0) is 48.4 Å². The van der Waals surface area contributed by atoms with E-state index in [0.29, 0.717) is 17.3 Å². The maximum atomic E-state index is 13.6. The van der Waals surface area contributed by atoms with E-state index in [9.17, 15) is 9.18 Å². The molecular formula is C25H24FNO5S. The first-order valence-corrected chi connectivity index (χ1v) is 11.3. The summed E-state index contributed by atoms with van der Waals surface area (Å²) < 4.78 is 35.2. The number of nitrogens with one attached hydrogen (secondary N) is 1. The van der Waals surface area contributed by atoms with E-state index in [-0.39, 0.29) is 12.4 Å². The molecule has 0 aromatic heterocycles. The van der Waals surface area contributed by atoms with Crippen LogP contribution in [0.5, 0.6) is 17.2 Å². The highest BCUT2D eigenvalue weighted by molar-refractivity contribution is 7.98. The van der Waals surface area contributed by atoms with Crippen molar-refractivity contribution in [3.63, 3.8) is 0 Å². The van der Waals surface area contributed by atoms with Crippen LogP contribution in [-0.2, 0) is 15.3 Å². The third-order valence-electron chi connectivity index (χ3n) is 5.16. The van der Waals surface area contributed by atoms with Crippen molar-refractivity contribution in [1.82, 2.24) is 0 Å². The number of anilines is 1. The molecule has 0 bridgehead atoms. The Balaban J connectivity index is 1.43. The van der Waals surface area contributed by atoms with Gasteiger partial charge in [0, 0.05) is 17.4 Å². The molecule has 0 spiro atoms. The normalized spacial score (nSPS) is 14.1. The molecule has 3 aromatic rings. The lowest BCUT2D eigenvalue weighted by Crippen LogP contribution is -2.13. The first-order chi connectivity index (χ1) is 16.0. The fraction of sp³-hybridized carbons (Fsp3) is 0.240. The molecule has 4 rings (SSSR count). The van der Waals surface area contributed by atoms with Crippen LogP contribution in [0.15, 0.2) is 59.5 Å². The smallest absolute Gasteiger partial charge is 0.343 e. The number of thioether (sulfide) groups is 1. The van der Waals surface area contributed by atoms with Gasteiger partial charge in [-0.2, -0.15) is 0 Å². The molecule has 1 unspecified atom stereocenters. The quantitative estimate of drug-likeness (QED) is 0.346. The van der Waals surface area contributed by atoms with Gasteiger partial charge in [-0.1, -0.05) is 18.2 Å². The van der Waals surface area contributed by atoms with Crippen molar-refractivity contribution >= 4 is 23.4 Å². The molecule has 0 saturated carbocycles. The number of methoxy groups -OCH3 is 2. The van der Waals surface area contributed by atoms with Gasteiger partial charge in [0.15, 0.2) is 12.8 Å². The molecular weight excluding hydrogens is 445 g/mol. The lowest BCUT2D eigenvalue weighted by Gasteiger charge is -2.14. The standard InChI is InChI=1S/C25H24FNO5S/c1-15-9-23(22(29-2)12-21(15)31-13-24(28)30-3)33-14-16-7-8-20-19(10-16)27-25(32-20)17-5-4-6-18(26)11-17/h4-12,25,27H,13-14H2,1-3H3. The van der Waals surface area contributed by atoms with Crippen LogP contribution >= 0.6 is 11.8 Å². The molecule has 172 valence electrons. The molecule has 3 aromatic carbocycles. The zero-order chi connectivity index (χ0) is 23.4. The summed E-state index contributed by atoms with van der Waals surface area (Å²) in [5.41, 5.74) is 3.60. The van der Waals surface area contributed by atoms with E-state index in [1.807, 2.05) is 37.3 Å². The summed E-state index contributed by atoms with van der Waals surface area (Å²) in [5, 5.41) is 3.31. The zero-order valence-corrected chi connectivity index (χ0v) is 19.3. The van der Waals surface area contributed by atoms with Gasteiger partial charge in [0.2, 0.25) is 0 Å². The summed E-state index contributed by atoms with van der Waals surface area (Å²) in [6, 6.07) is 16.1. The number of ether oxygens (including phenoxy) is 4. The Bertz CT molecular complexity index is 1170. The van der Waals surface area contributed by atoms with Gasteiger partial charge in [0.1, 0.15) is 23.1 Å². The average molecular weight is 470 g/mol. The van der Waals surface area contributed by atoms with Gasteiger partial charge in [-0.15, -0.1) is 11.8 Å². The summed E-state index contributed by atoms with van der Waals surface area (Å²) in [6.45, 7) is 1.76. The van der Waals surface area contributed by atoms with Gasteiger partial charge in [-0.25, -0.2) is 9.18 Å². The summed E-state index contributed by atoms with van der Waals surface area (Å²) in [5.74, 6) is 1.94. The Kier molecular flexibility index (Phi) is 6.93. The molecule has 1 aliphatic heterocycles. The Morgan fingerprint density at radius 1 is 1.12 bits per heavy atom. The first kappa shape index (κ1) is 22.8. The number of aryl methyl sites for hydroxylation is 1. The molecule has 1 aliphatic rings. The third-order valence-corrected chi connectivity index (χ3v) is 6.26. The number of rotatable bonds is 8. The maximum absolute atomic E-state index is 13.6. The minimum Gasteiger partial charge on any atom is -0.495 e. The van der Waals surface area contributed by atoms with Crippen molar-refractivity contribution < 1.29 is 28.1 Å². The van der Waals surface area contributed by atoms with Gasteiger partial charge >= 0.3 is 5.97 Å². The van der Waals surface area contributed by atoms with E-state index >= 15 is 0 Å². The Morgan fingerprint density at radius 2 is 1.97 bits per heavy atom. The van der Waals surface area contributed by atoms with Crippen LogP contribution in [0.2, 0.25) is 0 Å². The fourth-order valence-corrected chi connectivity index (χ4v) is 4.47. The molecule has 0 radical (unpaired) electrons. The third kappa shape index (κ3) is 5.34. The van der Waals surface area contributed by atoms with Crippen molar-refractivity contribution in [3.8, 4) is 17.2 Å². The van der Waals surface area contributed by atoms with Crippen molar-refractivity contribution in [2.75, 3.05) is 26.1 Å². The second-order valence-corrected chi connectivity index (χ2v) is 8.47. The molecule has 0 amide bonds. The molecule has 1 N–H and O–H groups in total. The molecule has 0 saturated heterocycles. The van der Waals surface area contributed by atoms with Gasteiger partial charge in [0.25, 0.3) is 0 Å². The molecule has 33 heavy (non-hydrogen) atoms. The minimum atomic E-state index is -0.444. The number of fused-ring (bicyclic) bond motifs is 1. The number of carbonyl (C=O) groups excluding carboxylic acids is 1. The van der Waals surface area contributed by atoms with Crippen molar-refractivity contribution in [2.24, 2.45) is 0 Å². The first-order valence-electron chi connectivity index (χ1n) is 10.3. The van der Waals surface area contributed by atoms with E-state index < -0.39 is 12.2 Å². The number of hydrogen-bond donors (Lipinski definition) is 1. The molecule has 8 heteroatoms. The average Bonchev–Trinajstić information content (AvgIpc) is 3.25. The van der Waals surface area contributed by atoms with Crippen LogP contribution < -0.4 is 19.5 Å². The fourth-order valence-electron chi connectivity index (χ4n) is 3.43. The highest BCUT2D eigenvalue weighted by Gasteiger charge is 2.24. The van der Waals surface area contributed by atoms with Crippen molar-refractivity contribution in [2.45, 2.75) is 23.8 Å². The predicted octanol–water partition coefficient (Wildman–Crippen LogP) is 5.49. The number of benzene rings is 3. The van der Waals surface area contributed by atoms with Crippen LogP contribution in [0.3, 0.4) is 0 Å². The maximum Gasteiger partial charge on any atom is 0.343 e.